The van der Waals surface area contributed by atoms with Gasteiger partial charge >= 0.3 is 0 Å². The molecule has 0 spiro atoms. The molecule has 1 atom stereocenters. The largest absolute Gasteiger partial charge is 0.468 e. The zero-order chi connectivity index (χ0) is 17.8. The average Bonchev–Trinajstić information content (AvgIpc) is 3.44. The minimum absolute atomic E-state index is 0.0629. The summed E-state index contributed by atoms with van der Waals surface area (Å²) in [5.41, 5.74) is 2.20. The molecule has 1 amide bonds. The Labute approximate surface area is 152 Å². The quantitative estimate of drug-likeness (QED) is 0.716. The van der Waals surface area contributed by atoms with Crippen LogP contribution in [0.15, 0.2) is 59.2 Å². The van der Waals surface area contributed by atoms with E-state index in [4.69, 9.17) is 4.42 Å². The van der Waals surface area contributed by atoms with Crippen molar-refractivity contribution in [1.82, 2.24) is 20.4 Å². The number of aromatic amines is 1. The summed E-state index contributed by atoms with van der Waals surface area (Å²) >= 11 is 0. The highest BCUT2D eigenvalue weighted by Crippen LogP contribution is 2.25. The maximum atomic E-state index is 12.5. The van der Waals surface area contributed by atoms with Crippen LogP contribution in [0.3, 0.4) is 0 Å². The minimum atomic E-state index is -0.157. The van der Waals surface area contributed by atoms with Crippen LogP contribution in [0.2, 0.25) is 0 Å². The molecule has 3 aromatic rings. The number of amides is 1. The number of hydrogen-bond acceptors (Lipinski definition) is 4. The Hall–Kier alpha value is -2.86. The first-order chi connectivity index (χ1) is 12.8. The molecule has 134 valence electrons. The molecule has 2 N–H and O–H groups in total. The molecule has 0 saturated carbocycles. The van der Waals surface area contributed by atoms with E-state index in [1.165, 1.54) is 12.8 Å². The molecule has 3 heterocycles. The van der Waals surface area contributed by atoms with E-state index >= 15 is 0 Å². The van der Waals surface area contributed by atoms with Gasteiger partial charge < -0.3 is 9.73 Å². The summed E-state index contributed by atoms with van der Waals surface area (Å²) in [5, 5.41) is 10.1. The highest BCUT2D eigenvalue weighted by atomic mass is 16.3. The number of hydrogen-bond donors (Lipinski definition) is 2. The number of carbonyl (C=O) groups excluding carboxylic acids is 1. The molecule has 6 heteroatoms. The van der Waals surface area contributed by atoms with E-state index < -0.39 is 0 Å². The maximum Gasteiger partial charge on any atom is 0.269 e. The van der Waals surface area contributed by atoms with Gasteiger partial charge in [-0.25, -0.2) is 0 Å². The Kier molecular flexibility index (Phi) is 4.84. The van der Waals surface area contributed by atoms with Gasteiger partial charge in [-0.2, -0.15) is 5.10 Å². The first-order valence-electron chi connectivity index (χ1n) is 8.98. The van der Waals surface area contributed by atoms with Gasteiger partial charge in [0.05, 0.1) is 18.0 Å². The smallest absolute Gasteiger partial charge is 0.269 e. The van der Waals surface area contributed by atoms with Crippen LogP contribution in [0, 0.1) is 0 Å². The first kappa shape index (κ1) is 16.6. The summed E-state index contributed by atoms with van der Waals surface area (Å²) < 4.78 is 5.59. The highest BCUT2D eigenvalue weighted by Gasteiger charge is 2.26. The molecule has 4 rings (SSSR count). The summed E-state index contributed by atoms with van der Waals surface area (Å²) in [6, 6.07) is 15.5. The predicted molar refractivity (Wildman–Crippen MR) is 98.6 cm³/mol. The Balaban J connectivity index is 1.43. The van der Waals surface area contributed by atoms with Crippen molar-refractivity contribution >= 4 is 5.91 Å². The summed E-state index contributed by atoms with van der Waals surface area (Å²) in [5.74, 6) is 0.734. The Morgan fingerprint density at radius 1 is 1.19 bits per heavy atom. The van der Waals surface area contributed by atoms with Crippen LogP contribution in [-0.2, 0) is 0 Å². The van der Waals surface area contributed by atoms with Crippen molar-refractivity contribution in [2.45, 2.75) is 18.9 Å². The number of furan rings is 1. The van der Waals surface area contributed by atoms with Crippen LogP contribution in [0.1, 0.15) is 35.1 Å². The van der Waals surface area contributed by atoms with Crippen molar-refractivity contribution in [3.8, 4) is 11.3 Å². The van der Waals surface area contributed by atoms with Crippen LogP contribution >= 0.6 is 0 Å². The molecule has 0 radical (unpaired) electrons. The lowest BCUT2D eigenvalue weighted by molar-refractivity contribution is 0.0928. The van der Waals surface area contributed by atoms with Gasteiger partial charge in [0.15, 0.2) is 0 Å². The second-order valence-corrected chi connectivity index (χ2v) is 6.52. The highest BCUT2D eigenvalue weighted by molar-refractivity contribution is 5.93. The number of carbonyl (C=O) groups is 1. The van der Waals surface area contributed by atoms with Crippen LogP contribution in [0.4, 0.5) is 0 Å². The number of H-pyrrole nitrogens is 1. The summed E-state index contributed by atoms with van der Waals surface area (Å²) in [6.07, 6.45) is 4.06. The summed E-state index contributed by atoms with van der Waals surface area (Å²) in [6.45, 7) is 2.57. The monoisotopic (exact) mass is 350 g/mol. The van der Waals surface area contributed by atoms with Crippen molar-refractivity contribution in [2.24, 2.45) is 0 Å². The standard InChI is InChI=1S/C20H22N4O2/c25-20(17-13-16(22-23-17)15-7-2-1-3-8-15)21-14-18(19-9-6-12-26-19)24-10-4-5-11-24/h1-3,6-9,12-13,18H,4-5,10-11,14H2,(H,21,25)(H,22,23)/t18-/m0/s1. The van der Waals surface area contributed by atoms with Crippen molar-refractivity contribution in [1.29, 1.82) is 0 Å². The molecule has 26 heavy (non-hydrogen) atoms. The number of rotatable bonds is 6. The molecule has 0 bridgehead atoms. The molecule has 2 aromatic heterocycles. The lowest BCUT2D eigenvalue weighted by Gasteiger charge is -2.25. The average molecular weight is 350 g/mol. The van der Waals surface area contributed by atoms with Gasteiger partial charge in [0, 0.05) is 12.1 Å². The van der Waals surface area contributed by atoms with Crippen LogP contribution < -0.4 is 5.32 Å². The molecule has 1 saturated heterocycles. The van der Waals surface area contributed by atoms with Crippen LogP contribution in [-0.4, -0.2) is 40.6 Å². The van der Waals surface area contributed by atoms with Gasteiger partial charge in [-0.1, -0.05) is 30.3 Å². The maximum absolute atomic E-state index is 12.5. The molecular weight excluding hydrogens is 328 g/mol. The van der Waals surface area contributed by atoms with Crippen molar-refractivity contribution in [3.63, 3.8) is 0 Å². The lowest BCUT2D eigenvalue weighted by atomic mass is 10.1. The number of likely N-dealkylation sites (tertiary alicyclic amines) is 1. The molecular formula is C20H22N4O2. The van der Waals surface area contributed by atoms with Gasteiger partial charge in [0.25, 0.3) is 5.91 Å². The molecule has 6 nitrogen and oxygen atoms in total. The Bertz CT molecular complexity index is 836. The fourth-order valence-electron chi connectivity index (χ4n) is 3.42. The van der Waals surface area contributed by atoms with Gasteiger partial charge in [-0.05, 0) is 44.1 Å². The molecule has 1 aliphatic rings. The summed E-state index contributed by atoms with van der Waals surface area (Å²) in [7, 11) is 0. The minimum Gasteiger partial charge on any atom is -0.468 e. The first-order valence-corrected chi connectivity index (χ1v) is 8.98. The Morgan fingerprint density at radius 3 is 2.73 bits per heavy atom. The van der Waals surface area contributed by atoms with Gasteiger partial charge in [0.1, 0.15) is 11.5 Å². The number of aromatic nitrogens is 2. The molecule has 1 aliphatic heterocycles. The third-order valence-corrected chi connectivity index (χ3v) is 4.80. The third kappa shape index (κ3) is 3.55. The zero-order valence-corrected chi connectivity index (χ0v) is 14.5. The Morgan fingerprint density at radius 2 is 2.00 bits per heavy atom. The molecule has 0 unspecified atom stereocenters. The van der Waals surface area contributed by atoms with E-state index in [1.54, 1.807) is 12.3 Å². The van der Waals surface area contributed by atoms with E-state index in [1.807, 2.05) is 42.5 Å². The molecule has 1 aromatic carbocycles. The SMILES string of the molecule is O=C(NC[C@@H](c1ccco1)N1CCCC1)c1cc(-c2ccccc2)n[nH]1. The topological polar surface area (TPSA) is 74.2 Å². The number of benzene rings is 1. The van der Waals surface area contributed by atoms with Crippen LogP contribution in [0.25, 0.3) is 11.3 Å². The second kappa shape index (κ2) is 7.58. The van der Waals surface area contributed by atoms with Crippen molar-refractivity contribution in [2.75, 3.05) is 19.6 Å². The third-order valence-electron chi connectivity index (χ3n) is 4.80. The fraction of sp³-hybridized carbons (Fsp3) is 0.300. The summed E-state index contributed by atoms with van der Waals surface area (Å²) in [4.78, 5) is 14.9. The lowest BCUT2D eigenvalue weighted by Crippen LogP contribution is -2.36. The van der Waals surface area contributed by atoms with Crippen molar-refractivity contribution < 1.29 is 9.21 Å². The van der Waals surface area contributed by atoms with Gasteiger partial charge in [0.2, 0.25) is 0 Å². The number of nitrogens with zero attached hydrogens (tertiary/aromatic N) is 2. The van der Waals surface area contributed by atoms with E-state index in [-0.39, 0.29) is 11.9 Å². The van der Waals surface area contributed by atoms with Gasteiger partial charge in [-0.15, -0.1) is 0 Å². The van der Waals surface area contributed by atoms with E-state index in [9.17, 15) is 4.79 Å². The van der Waals surface area contributed by atoms with E-state index in [0.717, 1.165) is 30.1 Å². The normalized spacial score (nSPS) is 15.8. The second-order valence-electron chi connectivity index (χ2n) is 6.52. The van der Waals surface area contributed by atoms with E-state index in [0.29, 0.717) is 12.2 Å². The molecule has 1 fully saturated rings. The number of nitrogens with one attached hydrogen (secondary N) is 2. The predicted octanol–water partition coefficient (Wildman–Crippen LogP) is 3.24. The van der Waals surface area contributed by atoms with Crippen molar-refractivity contribution in [3.05, 3.63) is 66.2 Å². The van der Waals surface area contributed by atoms with Crippen LogP contribution in [0.5, 0.6) is 0 Å². The van der Waals surface area contributed by atoms with E-state index in [2.05, 4.69) is 20.4 Å². The molecule has 0 aliphatic carbocycles. The van der Waals surface area contributed by atoms with Gasteiger partial charge in [-0.3, -0.25) is 14.8 Å². The zero-order valence-electron chi connectivity index (χ0n) is 14.5. The fourth-order valence-corrected chi connectivity index (χ4v) is 3.42.